The summed E-state index contributed by atoms with van der Waals surface area (Å²) in [4.78, 5) is 32.1. The van der Waals surface area contributed by atoms with E-state index in [4.69, 9.17) is 18.9 Å². The number of carbonyl (C=O) groups is 1. The molecule has 0 saturated heterocycles. The SMILES string of the molecule is CCCCCOc1ccc(C2C(C(=O)OCC)=C(C)N=c3s/c(=C\c4ccc(O)c(OC)c4)c(=O)n32)cc1OC. The largest absolute Gasteiger partial charge is 0.504 e. The third-order valence-corrected chi connectivity index (χ3v) is 7.51. The molecular weight excluding hydrogens is 532 g/mol. The van der Waals surface area contributed by atoms with E-state index in [2.05, 4.69) is 11.9 Å². The molecule has 0 radical (unpaired) electrons. The maximum atomic E-state index is 13.9. The number of thiazole rings is 1. The molecule has 2 heterocycles. The van der Waals surface area contributed by atoms with Crippen molar-refractivity contribution in [2.75, 3.05) is 27.4 Å². The number of aromatic hydroxyl groups is 1. The Bertz CT molecular complexity index is 1600. The molecule has 40 heavy (non-hydrogen) atoms. The standard InChI is InChI=1S/C30H34N2O7S/c1-6-8-9-14-39-22-13-11-20(17-24(22)37-5)27-26(29(35)38-7-2)18(3)31-30-32(27)28(34)25(40-30)16-19-10-12-21(33)23(15-19)36-4/h10-13,15-17,27,33H,6-9,14H2,1-5H3/b25-16-. The minimum absolute atomic E-state index is 0.00236. The van der Waals surface area contributed by atoms with Gasteiger partial charge in [-0.3, -0.25) is 9.36 Å². The Kier molecular flexibility index (Phi) is 9.31. The first-order chi connectivity index (χ1) is 19.3. The van der Waals surface area contributed by atoms with Gasteiger partial charge in [0.1, 0.15) is 0 Å². The molecule has 0 amide bonds. The average molecular weight is 567 g/mol. The number of methoxy groups -OCH3 is 2. The molecule has 0 aliphatic carbocycles. The van der Waals surface area contributed by atoms with Crippen LogP contribution < -0.4 is 29.1 Å². The predicted molar refractivity (Wildman–Crippen MR) is 153 cm³/mol. The lowest BCUT2D eigenvalue weighted by molar-refractivity contribution is -0.139. The van der Waals surface area contributed by atoms with Crippen molar-refractivity contribution < 1.29 is 28.8 Å². The zero-order valence-corrected chi connectivity index (χ0v) is 24.2. The quantitative estimate of drug-likeness (QED) is 0.275. The van der Waals surface area contributed by atoms with Crippen molar-refractivity contribution in [3.05, 3.63) is 78.5 Å². The maximum Gasteiger partial charge on any atom is 0.338 e. The number of phenolic OH excluding ortho intramolecular Hbond substituents is 1. The van der Waals surface area contributed by atoms with Crippen LogP contribution in [-0.2, 0) is 9.53 Å². The molecule has 1 unspecified atom stereocenters. The number of esters is 1. The van der Waals surface area contributed by atoms with E-state index in [-0.39, 0.29) is 23.5 Å². The van der Waals surface area contributed by atoms with Gasteiger partial charge in [0.05, 0.1) is 49.3 Å². The number of allylic oxidation sites excluding steroid dienone is 1. The van der Waals surface area contributed by atoms with Crippen LogP contribution >= 0.6 is 11.3 Å². The maximum absolute atomic E-state index is 13.9. The number of phenols is 1. The zero-order chi connectivity index (χ0) is 28.8. The number of rotatable bonds is 11. The normalized spacial score (nSPS) is 14.9. The topological polar surface area (TPSA) is 109 Å². The van der Waals surface area contributed by atoms with Crippen molar-refractivity contribution >= 4 is 23.4 Å². The Morgan fingerprint density at radius 2 is 1.85 bits per heavy atom. The van der Waals surface area contributed by atoms with Crippen LogP contribution in [0.25, 0.3) is 6.08 Å². The van der Waals surface area contributed by atoms with Crippen molar-refractivity contribution in [3.63, 3.8) is 0 Å². The van der Waals surface area contributed by atoms with Gasteiger partial charge in [-0.25, -0.2) is 9.79 Å². The molecule has 1 N–H and O–H groups in total. The van der Waals surface area contributed by atoms with Crippen molar-refractivity contribution in [3.8, 4) is 23.0 Å². The summed E-state index contributed by atoms with van der Waals surface area (Å²) < 4.78 is 24.1. The lowest BCUT2D eigenvalue weighted by atomic mass is 9.95. The van der Waals surface area contributed by atoms with Crippen molar-refractivity contribution in [1.82, 2.24) is 4.57 Å². The minimum atomic E-state index is -0.783. The van der Waals surface area contributed by atoms with Gasteiger partial charge in [0, 0.05) is 0 Å². The van der Waals surface area contributed by atoms with Gasteiger partial charge >= 0.3 is 5.97 Å². The molecule has 4 rings (SSSR count). The third kappa shape index (κ3) is 5.91. The zero-order valence-electron chi connectivity index (χ0n) is 23.4. The lowest BCUT2D eigenvalue weighted by Gasteiger charge is -2.25. The second-order valence-electron chi connectivity index (χ2n) is 9.20. The summed E-state index contributed by atoms with van der Waals surface area (Å²) in [6.45, 7) is 6.35. The summed E-state index contributed by atoms with van der Waals surface area (Å²) in [5.41, 5.74) is 1.78. The van der Waals surface area contributed by atoms with Crippen LogP contribution in [0, 0.1) is 0 Å². The number of hydrogen-bond acceptors (Lipinski definition) is 9. The minimum Gasteiger partial charge on any atom is -0.504 e. The second kappa shape index (κ2) is 12.9. The van der Waals surface area contributed by atoms with Crippen LogP contribution in [0.4, 0.5) is 0 Å². The number of hydrogen-bond donors (Lipinski definition) is 1. The number of aromatic nitrogens is 1. The van der Waals surface area contributed by atoms with Gasteiger partial charge in [-0.2, -0.15) is 0 Å². The summed E-state index contributed by atoms with van der Waals surface area (Å²) >= 11 is 1.22. The fourth-order valence-corrected chi connectivity index (χ4v) is 5.60. The molecular formula is C30H34N2O7S. The van der Waals surface area contributed by atoms with Crippen LogP contribution in [0.5, 0.6) is 23.0 Å². The van der Waals surface area contributed by atoms with E-state index in [1.165, 1.54) is 29.1 Å². The number of ether oxygens (including phenoxy) is 4. The van der Waals surface area contributed by atoms with Crippen LogP contribution in [0.2, 0.25) is 0 Å². The highest BCUT2D eigenvalue weighted by molar-refractivity contribution is 7.07. The van der Waals surface area contributed by atoms with E-state index in [0.29, 0.717) is 50.0 Å². The van der Waals surface area contributed by atoms with Crippen LogP contribution in [0.15, 0.2) is 57.5 Å². The van der Waals surface area contributed by atoms with E-state index >= 15 is 0 Å². The Hall–Kier alpha value is -4.05. The molecule has 212 valence electrons. The number of benzene rings is 2. The molecule has 1 aliphatic rings. The van der Waals surface area contributed by atoms with Crippen LogP contribution in [0.1, 0.15) is 57.2 Å². The van der Waals surface area contributed by atoms with Gasteiger partial charge in [0.25, 0.3) is 5.56 Å². The Balaban J connectivity index is 1.86. The lowest BCUT2D eigenvalue weighted by Crippen LogP contribution is -2.40. The second-order valence-corrected chi connectivity index (χ2v) is 10.2. The Morgan fingerprint density at radius 1 is 1.07 bits per heavy atom. The molecule has 1 aromatic heterocycles. The fourth-order valence-electron chi connectivity index (χ4n) is 4.55. The first-order valence-electron chi connectivity index (χ1n) is 13.2. The first kappa shape index (κ1) is 28.9. The molecule has 3 aromatic rings. The van der Waals surface area contributed by atoms with Gasteiger partial charge in [-0.15, -0.1) is 0 Å². The summed E-state index contributed by atoms with van der Waals surface area (Å²) in [6, 6.07) is 9.48. The van der Waals surface area contributed by atoms with Crippen LogP contribution in [0.3, 0.4) is 0 Å². The van der Waals surface area contributed by atoms with Gasteiger partial charge < -0.3 is 24.1 Å². The number of unbranched alkanes of at least 4 members (excludes halogenated alkanes) is 2. The van der Waals surface area contributed by atoms with Gasteiger partial charge in [-0.05, 0) is 61.7 Å². The number of fused-ring (bicyclic) bond motifs is 1. The predicted octanol–water partition coefficient (Wildman–Crippen LogP) is 4.09. The molecule has 0 bridgehead atoms. The molecule has 0 spiro atoms. The number of carbonyl (C=O) groups excluding carboxylic acids is 1. The Labute approximate surface area is 236 Å². The van der Waals surface area contributed by atoms with E-state index in [1.54, 1.807) is 51.3 Å². The van der Waals surface area contributed by atoms with Crippen LogP contribution in [-0.4, -0.2) is 43.1 Å². The highest BCUT2D eigenvalue weighted by Crippen LogP contribution is 2.36. The van der Waals surface area contributed by atoms with Gasteiger partial charge in [-0.1, -0.05) is 43.2 Å². The average Bonchev–Trinajstić information content (AvgIpc) is 3.25. The van der Waals surface area contributed by atoms with E-state index in [0.717, 1.165) is 19.3 Å². The molecule has 2 aromatic carbocycles. The smallest absolute Gasteiger partial charge is 0.338 e. The van der Waals surface area contributed by atoms with Gasteiger partial charge in [0.15, 0.2) is 27.8 Å². The molecule has 10 heteroatoms. The monoisotopic (exact) mass is 566 g/mol. The summed E-state index contributed by atoms with van der Waals surface area (Å²) in [7, 11) is 3.02. The fraction of sp³-hybridized carbons (Fsp3) is 0.367. The van der Waals surface area contributed by atoms with E-state index in [9.17, 15) is 14.7 Å². The summed E-state index contributed by atoms with van der Waals surface area (Å²) in [5, 5.41) is 9.95. The molecule has 0 fully saturated rings. The van der Waals surface area contributed by atoms with Gasteiger partial charge in [0.2, 0.25) is 0 Å². The van der Waals surface area contributed by atoms with Crippen molar-refractivity contribution in [1.29, 1.82) is 0 Å². The summed E-state index contributed by atoms with van der Waals surface area (Å²) in [6.07, 6.45) is 4.80. The van der Waals surface area contributed by atoms with Crippen molar-refractivity contribution in [2.24, 2.45) is 4.99 Å². The van der Waals surface area contributed by atoms with E-state index < -0.39 is 12.0 Å². The summed E-state index contributed by atoms with van der Waals surface area (Å²) in [5.74, 6) is 0.858. The highest BCUT2D eigenvalue weighted by atomic mass is 32.1. The number of nitrogens with zero attached hydrogens (tertiary/aromatic N) is 2. The highest BCUT2D eigenvalue weighted by Gasteiger charge is 2.34. The molecule has 9 nitrogen and oxygen atoms in total. The molecule has 1 aliphatic heterocycles. The molecule has 1 atom stereocenters. The first-order valence-corrected chi connectivity index (χ1v) is 14.0. The molecule has 0 saturated carbocycles. The van der Waals surface area contributed by atoms with Crippen molar-refractivity contribution in [2.45, 2.75) is 46.1 Å². The van der Waals surface area contributed by atoms with E-state index in [1.807, 2.05) is 6.07 Å². The third-order valence-electron chi connectivity index (χ3n) is 6.53. The Morgan fingerprint density at radius 3 is 2.55 bits per heavy atom.